The molecule has 0 spiro atoms. The first-order valence-electron chi connectivity index (χ1n) is 12.4. The van der Waals surface area contributed by atoms with Crippen LogP contribution < -0.4 is 11.1 Å². The standard InChI is InChI=1S/C27H41FN2O/c1-3-4-5-6-20(2)26-14-22-13-25(17-26,11-12-28)18-27(15-22,19-26)24(31)30-23-9-7-21(16-29)8-10-23/h3-6,21-23H,2,7-19,29H2,1H3,(H,30,31)/b4-3-,6-5-/t21?,22?,23?,25-,26-,27?/m1/s1. The minimum absolute atomic E-state index is 0.0416. The molecule has 31 heavy (non-hydrogen) atoms. The molecule has 5 fully saturated rings. The normalized spacial score (nSPS) is 41.8. The number of nitrogens with two attached hydrogens (primary N) is 1. The Morgan fingerprint density at radius 1 is 1.10 bits per heavy atom. The van der Waals surface area contributed by atoms with Gasteiger partial charge in [-0.1, -0.05) is 30.9 Å². The zero-order valence-electron chi connectivity index (χ0n) is 19.3. The van der Waals surface area contributed by atoms with Gasteiger partial charge in [-0.05, 0) is 112 Å². The van der Waals surface area contributed by atoms with Gasteiger partial charge < -0.3 is 11.1 Å². The Bertz CT molecular complexity index is 752. The van der Waals surface area contributed by atoms with Crippen molar-refractivity contribution in [1.82, 2.24) is 5.32 Å². The number of allylic oxidation sites excluding steroid dienone is 5. The van der Waals surface area contributed by atoms with Gasteiger partial charge in [-0.2, -0.15) is 0 Å². The number of rotatable bonds is 8. The van der Waals surface area contributed by atoms with Crippen molar-refractivity contribution in [2.75, 3.05) is 13.2 Å². The highest BCUT2D eigenvalue weighted by Gasteiger charge is 2.65. The molecule has 1 amide bonds. The van der Waals surface area contributed by atoms with Gasteiger partial charge in [-0.15, -0.1) is 0 Å². The third-order valence-electron chi connectivity index (χ3n) is 9.09. The van der Waals surface area contributed by atoms with E-state index in [9.17, 15) is 9.18 Å². The molecule has 4 bridgehead atoms. The molecule has 172 valence electrons. The van der Waals surface area contributed by atoms with Gasteiger partial charge in [0, 0.05) is 6.04 Å². The van der Waals surface area contributed by atoms with E-state index in [-0.39, 0.29) is 34.9 Å². The fourth-order valence-electron chi connectivity index (χ4n) is 8.07. The summed E-state index contributed by atoms with van der Waals surface area (Å²) in [5.41, 5.74) is 6.54. The van der Waals surface area contributed by atoms with Crippen molar-refractivity contribution < 1.29 is 9.18 Å². The number of carbonyl (C=O) groups is 1. The maximum absolute atomic E-state index is 13.8. The number of halogens is 1. The van der Waals surface area contributed by atoms with E-state index in [1.165, 1.54) is 0 Å². The lowest BCUT2D eigenvalue weighted by atomic mass is 9.37. The highest BCUT2D eigenvalue weighted by Crippen LogP contribution is 2.72. The smallest absolute Gasteiger partial charge is 0.226 e. The van der Waals surface area contributed by atoms with Crippen molar-refractivity contribution >= 4 is 5.91 Å². The highest BCUT2D eigenvalue weighted by atomic mass is 19.1. The predicted molar refractivity (Wildman–Crippen MR) is 125 cm³/mol. The van der Waals surface area contributed by atoms with Crippen LogP contribution in [0.3, 0.4) is 0 Å². The Balaban J connectivity index is 1.57. The topological polar surface area (TPSA) is 55.1 Å². The minimum Gasteiger partial charge on any atom is -0.353 e. The molecule has 0 saturated heterocycles. The largest absolute Gasteiger partial charge is 0.353 e. The number of amides is 1. The van der Waals surface area contributed by atoms with E-state index < -0.39 is 0 Å². The monoisotopic (exact) mass is 428 g/mol. The Kier molecular flexibility index (Phi) is 6.49. The molecule has 4 atom stereocenters. The molecular weight excluding hydrogens is 387 g/mol. The molecule has 0 aromatic heterocycles. The Morgan fingerprint density at radius 3 is 2.48 bits per heavy atom. The van der Waals surface area contributed by atoms with Crippen molar-refractivity contribution in [1.29, 1.82) is 0 Å². The van der Waals surface area contributed by atoms with Gasteiger partial charge in [-0.25, -0.2) is 0 Å². The molecule has 5 aliphatic carbocycles. The summed E-state index contributed by atoms with van der Waals surface area (Å²) in [6.45, 7) is 6.95. The van der Waals surface area contributed by atoms with Crippen LogP contribution in [0.2, 0.25) is 0 Å². The molecule has 5 saturated carbocycles. The zero-order valence-corrected chi connectivity index (χ0v) is 19.3. The average molecular weight is 429 g/mol. The van der Waals surface area contributed by atoms with Crippen LogP contribution in [0.25, 0.3) is 0 Å². The van der Waals surface area contributed by atoms with E-state index in [1.807, 2.05) is 19.1 Å². The van der Waals surface area contributed by atoms with E-state index in [1.54, 1.807) is 0 Å². The fraction of sp³-hybridized carbons (Fsp3) is 0.741. The quantitative estimate of drug-likeness (QED) is 0.493. The van der Waals surface area contributed by atoms with Crippen LogP contribution in [-0.4, -0.2) is 25.2 Å². The molecule has 0 aromatic carbocycles. The summed E-state index contributed by atoms with van der Waals surface area (Å²) in [6.07, 6.45) is 19.0. The third-order valence-corrected chi connectivity index (χ3v) is 9.09. The van der Waals surface area contributed by atoms with E-state index in [4.69, 9.17) is 5.73 Å². The first kappa shape index (κ1) is 22.8. The molecule has 5 aliphatic rings. The summed E-state index contributed by atoms with van der Waals surface area (Å²) in [7, 11) is 0. The van der Waals surface area contributed by atoms with Crippen LogP contribution in [0.4, 0.5) is 4.39 Å². The van der Waals surface area contributed by atoms with Crippen molar-refractivity contribution in [2.45, 2.75) is 83.6 Å². The van der Waals surface area contributed by atoms with Gasteiger partial charge in [0.25, 0.3) is 0 Å². The zero-order chi connectivity index (χ0) is 22.1. The lowest BCUT2D eigenvalue weighted by molar-refractivity contribution is -0.172. The van der Waals surface area contributed by atoms with Gasteiger partial charge in [0.05, 0.1) is 12.1 Å². The van der Waals surface area contributed by atoms with Crippen molar-refractivity contribution in [3.05, 3.63) is 36.5 Å². The molecule has 0 aliphatic heterocycles. The van der Waals surface area contributed by atoms with E-state index in [0.717, 1.165) is 76.3 Å². The molecule has 3 N–H and O–H groups in total. The van der Waals surface area contributed by atoms with E-state index >= 15 is 0 Å². The second kappa shape index (κ2) is 8.84. The van der Waals surface area contributed by atoms with Crippen molar-refractivity contribution in [3.63, 3.8) is 0 Å². The van der Waals surface area contributed by atoms with Crippen LogP contribution in [0.1, 0.15) is 77.6 Å². The summed E-state index contributed by atoms with van der Waals surface area (Å²) < 4.78 is 13.7. The summed E-state index contributed by atoms with van der Waals surface area (Å²) in [6, 6.07) is 0.272. The fourth-order valence-corrected chi connectivity index (χ4v) is 8.07. The second-order valence-electron chi connectivity index (χ2n) is 11.3. The van der Waals surface area contributed by atoms with Gasteiger partial charge in [0.2, 0.25) is 5.91 Å². The molecule has 0 radical (unpaired) electrons. The molecule has 4 heteroatoms. The summed E-state index contributed by atoms with van der Waals surface area (Å²) in [5.74, 6) is 1.36. The molecule has 0 aromatic rings. The number of carbonyl (C=O) groups excluding carboxylic acids is 1. The highest BCUT2D eigenvalue weighted by molar-refractivity contribution is 5.84. The minimum atomic E-state index is -0.351. The van der Waals surface area contributed by atoms with Crippen molar-refractivity contribution in [2.24, 2.45) is 33.8 Å². The molecule has 3 nitrogen and oxygen atoms in total. The first-order chi connectivity index (χ1) is 14.9. The van der Waals surface area contributed by atoms with Crippen LogP contribution in [-0.2, 0) is 4.79 Å². The Labute approximate surface area is 187 Å². The second-order valence-corrected chi connectivity index (χ2v) is 11.3. The summed E-state index contributed by atoms with van der Waals surface area (Å²) in [5, 5.41) is 3.46. The summed E-state index contributed by atoms with van der Waals surface area (Å²) in [4.78, 5) is 13.8. The van der Waals surface area contributed by atoms with Crippen LogP contribution in [0.15, 0.2) is 36.5 Å². The first-order valence-corrected chi connectivity index (χ1v) is 12.4. The van der Waals surface area contributed by atoms with Crippen LogP contribution in [0, 0.1) is 28.1 Å². The van der Waals surface area contributed by atoms with Gasteiger partial charge in [0.1, 0.15) is 0 Å². The SMILES string of the molecule is C=C(/C=C\C=C/C)[C@]12CC3CC(C(=O)NC4CCC(CN)CC4)(C[C@](CCF)(C3)C1)C2. The maximum atomic E-state index is 13.8. The number of hydrogen-bond donors (Lipinski definition) is 2. The lowest BCUT2D eigenvalue weighted by Crippen LogP contribution is -2.62. The van der Waals surface area contributed by atoms with Crippen molar-refractivity contribution in [3.8, 4) is 0 Å². The van der Waals surface area contributed by atoms with Gasteiger partial charge in [0.15, 0.2) is 0 Å². The maximum Gasteiger partial charge on any atom is 0.226 e. The molecular formula is C27H41FN2O. The van der Waals surface area contributed by atoms with Gasteiger partial charge in [-0.3, -0.25) is 9.18 Å². The number of alkyl halides is 1. The van der Waals surface area contributed by atoms with E-state index in [2.05, 4.69) is 24.0 Å². The Hall–Kier alpha value is -1.42. The van der Waals surface area contributed by atoms with Crippen LogP contribution >= 0.6 is 0 Å². The predicted octanol–water partition coefficient (Wildman–Crippen LogP) is 5.63. The number of nitrogens with one attached hydrogen (secondary N) is 1. The van der Waals surface area contributed by atoms with Gasteiger partial charge >= 0.3 is 0 Å². The third kappa shape index (κ3) is 4.29. The van der Waals surface area contributed by atoms with E-state index in [0.29, 0.717) is 18.3 Å². The lowest BCUT2D eigenvalue weighted by Gasteiger charge is -2.66. The number of hydrogen-bond acceptors (Lipinski definition) is 2. The average Bonchev–Trinajstić information content (AvgIpc) is 2.73. The molecule has 0 heterocycles. The Morgan fingerprint density at radius 2 is 1.81 bits per heavy atom. The van der Waals surface area contributed by atoms with Crippen LogP contribution in [0.5, 0.6) is 0 Å². The summed E-state index contributed by atoms with van der Waals surface area (Å²) >= 11 is 0. The molecule has 5 rings (SSSR count). The molecule has 2 unspecified atom stereocenters.